The molecule has 0 aromatic heterocycles. The monoisotopic (exact) mass is 1120 g/mol. The zero-order valence-corrected chi connectivity index (χ0v) is 50.9. The molecule has 0 aliphatic carbocycles. The molecule has 12 nitrogen and oxygen atoms in total. The highest BCUT2D eigenvalue weighted by atomic mass is 32.3. The zero-order valence-electron chi connectivity index (χ0n) is 50.1. The Labute approximate surface area is 474 Å². The molecule has 1 rings (SSSR count). The first-order valence-corrected chi connectivity index (χ1v) is 34.4. The van der Waals surface area contributed by atoms with Crippen LogP contribution in [0.2, 0.25) is 0 Å². The van der Waals surface area contributed by atoms with Gasteiger partial charge in [-0.05, 0) is 19.3 Å². The smallest absolute Gasteiger partial charge is 0.394 e. The fourth-order valence-electron chi connectivity index (χ4n) is 11.0. The van der Waals surface area contributed by atoms with Gasteiger partial charge < -0.3 is 35.2 Å². The second-order valence-corrected chi connectivity index (χ2v) is 24.5. The van der Waals surface area contributed by atoms with E-state index in [-0.39, 0.29) is 18.9 Å². The van der Waals surface area contributed by atoms with E-state index in [0.717, 1.165) is 38.5 Å². The average molecular weight is 1120 g/mol. The minimum Gasteiger partial charge on any atom is -0.394 e. The highest BCUT2D eigenvalue weighted by Crippen LogP contribution is 2.26. The van der Waals surface area contributed by atoms with Gasteiger partial charge in [0.05, 0.1) is 25.4 Å². The molecule has 1 aliphatic heterocycles. The van der Waals surface area contributed by atoms with Crippen LogP contribution in [0.5, 0.6) is 0 Å². The van der Waals surface area contributed by atoms with Gasteiger partial charge >= 0.3 is 10.4 Å². The molecule has 0 radical (unpaired) electrons. The molecule has 77 heavy (non-hydrogen) atoms. The van der Waals surface area contributed by atoms with Gasteiger partial charge in [0, 0.05) is 6.42 Å². The molecule has 1 heterocycles. The molecule has 13 heteroatoms. The van der Waals surface area contributed by atoms with Crippen molar-refractivity contribution in [2.24, 2.45) is 0 Å². The highest BCUT2D eigenvalue weighted by molar-refractivity contribution is 7.80. The van der Waals surface area contributed by atoms with E-state index < -0.39 is 59.9 Å². The third-order valence-corrected chi connectivity index (χ3v) is 16.5. The first kappa shape index (κ1) is 73.9. The molecular weight excluding hydrogens is 991 g/mol. The first-order chi connectivity index (χ1) is 37.5. The molecule has 1 amide bonds. The molecule has 1 fully saturated rings. The van der Waals surface area contributed by atoms with E-state index in [1.54, 1.807) is 6.08 Å². The van der Waals surface area contributed by atoms with Gasteiger partial charge in [0.2, 0.25) is 5.91 Å². The van der Waals surface area contributed by atoms with Gasteiger partial charge in [0.25, 0.3) is 0 Å². The van der Waals surface area contributed by atoms with Crippen LogP contribution < -0.4 is 5.32 Å². The van der Waals surface area contributed by atoms with Crippen molar-refractivity contribution in [3.05, 3.63) is 12.2 Å². The Kier molecular flexibility index (Phi) is 51.9. The summed E-state index contributed by atoms with van der Waals surface area (Å²) >= 11 is 0. The molecule has 7 unspecified atom stereocenters. The number of hydrogen-bond donors (Lipinski definition) is 6. The van der Waals surface area contributed by atoms with E-state index in [1.807, 2.05) is 6.08 Å². The van der Waals surface area contributed by atoms with Crippen LogP contribution in [-0.2, 0) is 28.9 Å². The van der Waals surface area contributed by atoms with Gasteiger partial charge in [-0.3, -0.25) is 9.35 Å². The van der Waals surface area contributed by atoms with Crippen LogP contribution in [0.25, 0.3) is 0 Å². The van der Waals surface area contributed by atoms with Gasteiger partial charge in [-0.2, -0.15) is 8.42 Å². The van der Waals surface area contributed by atoms with Crippen LogP contribution in [-0.4, -0.2) is 95.4 Å². The Morgan fingerprint density at radius 3 is 1.13 bits per heavy atom. The lowest BCUT2D eigenvalue weighted by molar-refractivity contribution is -0.298. The molecule has 6 N–H and O–H groups in total. The molecule has 458 valence electrons. The number of hydrogen-bond acceptors (Lipinski definition) is 10. The number of aliphatic hydroxyl groups is 4. The SMILES string of the molecule is CCCCCCCCCCCCCCCCCCCCC/C=C/C(O)C(COC1OC(CO)C(O)C(OS(=O)(=O)O)C1O)NC(=O)CCCCCCCCCCCCCCCCCCCCCCCCCCCCCCC. The summed E-state index contributed by atoms with van der Waals surface area (Å²) in [4.78, 5) is 13.2. The number of rotatable bonds is 59. The van der Waals surface area contributed by atoms with Gasteiger partial charge in [-0.25, -0.2) is 4.18 Å². The normalized spacial score (nSPS) is 18.9. The van der Waals surface area contributed by atoms with Crippen LogP contribution >= 0.6 is 0 Å². The summed E-state index contributed by atoms with van der Waals surface area (Å²) in [5, 5.41) is 45.1. The fourth-order valence-corrected chi connectivity index (χ4v) is 11.5. The summed E-state index contributed by atoms with van der Waals surface area (Å²) in [6.45, 7) is 3.46. The van der Waals surface area contributed by atoms with Crippen molar-refractivity contribution in [2.45, 2.75) is 378 Å². The molecule has 0 saturated carbocycles. The van der Waals surface area contributed by atoms with Crippen LogP contribution in [0.3, 0.4) is 0 Å². The van der Waals surface area contributed by atoms with Crippen molar-refractivity contribution in [1.82, 2.24) is 5.32 Å². The molecule has 0 aromatic carbocycles. The fraction of sp³-hybridized carbons (Fsp3) is 0.953. The van der Waals surface area contributed by atoms with Crippen molar-refractivity contribution in [3.63, 3.8) is 0 Å². The minimum atomic E-state index is -5.09. The van der Waals surface area contributed by atoms with Crippen LogP contribution in [0.4, 0.5) is 0 Å². The maximum Gasteiger partial charge on any atom is 0.397 e. The van der Waals surface area contributed by atoms with Gasteiger partial charge in [0.15, 0.2) is 6.29 Å². The summed E-state index contributed by atoms with van der Waals surface area (Å²) in [6, 6.07) is -0.941. The van der Waals surface area contributed by atoms with Crippen molar-refractivity contribution in [3.8, 4) is 0 Å². The lowest BCUT2D eigenvalue weighted by Gasteiger charge is -2.41. The predicted octanol–water partition coefficient (Wildman–Crippen LogP) is 16.6. The number of nitrogens with one attached hydrogen (secondary N) is 1. The van der Waals surface area contributed by atoms with Crippen LogP contribution in [0.1, 0.15) is 335 Å². The Bertz CT molecular complexity index is 1400. The van der Waals surface area contributed by atoms with Crippen molar-refractivity contribution in [1.29, 1.82) is 0 Å². The maximum atomic E-state index is 13.2. The molecule has 0 aromatic rings. The lowest BCUT2D eigenvalue weighted by atomic mass is 9.99. The van der Waals surface area contributed by atoms with Gasteiger partial charge in [0.1, 0.15) is 24.4 Å². The second kappa shape index (κ2) is 54.1. The number of aliphatic hydroxyl groups excluding tert-OH is 4. The van der Waals surface area contributed by atoms with E-state index in [2.05, 4.69) is 23.3 Å². The van der Waals surface area contributed by atoms with E-state index in [1.165, 1.54) is 270 Å². The summed E-state index contributed by atoms with van der Waals surface area (Å²) in [7, 11) is -5.09. The number of unbranched alkanes of at least 4 members (excludes halogenated alkanes) is 47. The molecule has 1 aliphatic rings. The number of carbonyl (C=O) groups is 1. The maximum absolute atomic E-state index is 13.2. The highest BCUT2D eigenvalue weighted by Gasteiger charge is 2.48. The van der Waals surface area contributed by atoms with Gasteiger partial charge in [-0.15, -0.1) is 0 Å². The van der Waals surface area contributed by atoms with Crippen molar-refractivity contribution in [2.75, 3.05) is 13.2 Å². The Balaban J connectivity index is 2.27. The quantitative estimate of drug-likeness (QED) is 0.0193. The average Bonchev–Trinajstić information content (AvgIpc) is 3.41. The number of amides is 1. The van der Waals surface area contributed by atoms with Crippen LogP contribution in [0.15, 0.2) is 12.2 Å². The largest absolute Gasteiger partial charge is 0.397 e. The lowest BCUT2D eigenvalue weighted by Crippen LogP contribution is -2.61. The standard InChI is InChI=1S/C64H125NO11S/c1-3-5-7-9-11-13-15-17-19-21-23-25-26-27-28-29-30-31-32-34-36-38-40-42-44-46-48-50-52-54-60(68)65-57(56-74-64-62(70)63(76-77(71,72)73)61(69)59(55-66)75-64)58(67)53-51-49-47-45-43-41-39-37-35-33-24-22-20-18-16-14-12-10-8-6-4-2/h51,53,57-59,61-64,66-67,69-70H,3-50,52,54-56H2,1-2H3,(H,65,68)(H,71,72,73)/b53-51+. The molecule has 1 saturated heterocycles. The van der Waals surface area contributed by atoms with E-state index in [9.17, 15) is 38.2 Å². The second-order valence-electron chi connectivity index (χ2n) is 23.4. The van der Waals surface area contributed by atoms with Crippen molar-refractivity contribution < 1.29 is 51.8 Å². The summed E-state index contributed by atoms with van der Waals surface area (Å²) in [5.41, 5.74) is 0. The predicted molar refractivity (Wildman–Crippen MR) is 319 cm³/mol. The van der Waals surface area contributed by atoms with E-state index >= 15 is 0 Å². The van der Waals surface area contributed by atoms with Crippen LogP contribution in [0, 0.1) is 0 Å². The minimum absolute atomic E-state index is 0.253. The Morgan fingerprint density at radius 1 is 0.506 bits per heavy atom. The summed E-state index contributed by atoms with van der Waals surface area (Å²) in [6.07, 6.45) is 58.5. The topological polar surface area (TPSA) is 192 Å². The summed E-state index contributed by atoms with van der Waals surface area (Å²) < 4.78 is 48.0. The number of ether oxygens (including phenoxy) is 2. The number of allylic oxidation sites excluding steroid dienone is 1. The van der Waals surface area contributed by atoms with E-state index in [0.29, 0.717) is 6.42 Å². The molecule has 7 atom stereocenters. The van der Waals surface area contributed by atoms with Crippen molar-refractivity contribution >= 4 is 16.3 Å². The first-order valence-electron chi connectivity index (χ1n) is 33.1. The number of carbonyl (C=O) groups excluding carboxylic acids is 1. The summed E-state index contributed by atoms with van der Waals surface area (Å²) in [5.74, 6) is -0.253. The molecule has 0 spiro atoms. The Hall–Kier alpha value is -1.16. The third kappa shape index (κ3) is 46.1. The molecular formula is C64H125NO11S. The van der Waals surface area contributed by atoms with E-state index in [4.69, 9.17) is 9.47 Å². The molecule has 0 bridgehead atoms. The third-order valence-electron chi connectivity index (χ3n) is 16.1. The zero-order chi connectivity index (χ0) is 56.1. The van der Waals surface area contributed by atoms with Gasteiger partial charge in [-0.1, -0.05) is 321 Å². The Morgan fingerprint density at radius 2 is 0.818 bits per heavy atom.